The molecule has 2 aromatic carbocycles. The lowest BCUT2D eigenvalue weighted by Gasteiger charge is -2.31. The van der Waals surface area contributed by atoms with Crippen molar-refractivity contribution in [3.05, 3.63) is 89.7 Å². The lowest BCUT2D eigenvalue weighted by molar-refractivity contribution is 0.174. The molecule has 0 fully saturated rings. The molecule has 0 saturated heterocycles. The average Bonchev–Trinajstić information content (AvgIpc) is 3.16. The predicted octanol–water partition coefficient (Wildman–Crippen LogP) is 4.13. The Morgan fingerprint density at radius 3 is 2.68 bits per heavy atom. The summed E-state index contributed by atoms with van der Waals surface area (Å²) in [5.41, 5.74) is 4.44. The summed E-state index contributed by atoms with van der Waals surface area (Å²) in [5.74, 6) is 0. The first kappa shape index (κ1) is 18.3. The van der Waals surface area contributed by atoms with E-state index in [4.69, 9.17) is 4.74 Å². The number of carbonyl (C=O) groups excluding carboxylic acids is 1. The van der Waals surface area contributed by atoms with E-state index in [1.807, 2.05) is 41.3 Å². The van der Waals surface area contributed by atoms with E-state index in [0.717, 1.165) is 28.9 Å². The van der Waals surface area contributed by atoms with Gasteiger partial charge in [0.1, 0.15) is 0 Å². The maximum absolute atomic E-state index is 13.2. The third-order valence-electron chi connectivity index (χ3n) is 5.14. The summed E-state index contributed by atoms with van der Waals surface area (Å²) in [6.45, 7) is 1.77. The van der Waals surface area contributed by atoms with Crippen molar-refractivity contribution in [2.75, 3.05) is 20.3 Å². The number of urea groups is 1. The Balaban J connectivity index is 1.75. The van der Waals surface area contributed by atoms with Crippen LogP contribution in [0.3, 0.4) is 0 Å². The van der Waals surface area contributed by atoms with Crippen molar-refractivity contribution in [1.29, 1.82) is 0 Å². The van der Waals surface area contributed by atoms with Crippen LogP contribution in [0.1, 0.15) is 29.3 Å². The number of carbonyl (C=O) groups is 1. The molecule has 5 nitrogen and oxygen atoms in total. The van der Waals surface area contributed by atoms with Crippen LogP contribution in [-0.4, -0.2) is 35.8 Å². The van der Waals surface area contributed by atoms with E-state index in [9.17, 15) is 4.79 Å². The molecule has 1 unspecified atom stereocenters. The summed E-state index contributed by atoms with van der Waals surface area (Å²) < 4.78 is 7.29. The van der Waals surface area contributed by atoms with E-state index in [2.05, 4.69) is 46.4 Å². The highest BCUT2D eigenvalue weighted by molar-refractivity contribution is 5.76. The van der Waals surface area contributed by atoms with Crippen molar-refractivity contribution in [2.45, 2.75) is 19.0 Å². The molecule has 1 atom stereocenters. The van der Waals surface area contributed by atoms with Gasteiger partial charge in [0.05, 0.1) is 18.3 Å². The van der Waals surface area contributed by atoms with Crippen LogP contribution in [-0.2, 0) is 11.3 Å². The number of nitrogens with zero attached hydrogens (tertiary/aromatic N) is 2. The van der Waals surface area contributed by atoms with E-state index in [1.54, 1.807) is 7.11 Å². The second kappa shape index (κ2) is 8.31. The number of methoxy groups -OCH3 is 1. The first-order valence-electron chi connectivity index (χ1n) is 9.63. The van der Waals surface area contributed by atoms with Crippen molar-refractivity contribution in [2.24, 2.45) is 0 Å². The Bertz CT molecular complexity index is 936. The third kappa shape index (κ3) is 3.53. The van der Waals surface area contributed by atoms with Crippen molar-refractivity contribution < 1.29 is 9.53 Å². The van der Waals surface area contributed by atoms with Gasteiger partial charge in [0.15, 0.2) is 0 Å². The van der Waals surface area contributed by atoms with Gasteiger partial charge in [-0.3, -0.25) is 0 Å². The van der Waals surface area contributed by atoms with Gasteiger partial charge in [-0.1, -0.05) is 48.5 Å². The minimum absolute atomic E-state index is 0.0607. The molecule has 1 N–H and O–H groups in total. The fraction of sp³-hybridized carbons (Fsp3) is 0.261. The minimum Gasteiger partial charge on any atom is -0.385 e. The van der Waals surface area contributed by atoms with Gasteiger partial charge in [0.25, 0.3) is 0 Å². The van der Waals surface area contributed by atoms with Crippen LogP contribution >= 0.6 is 0 Å². The fourth-order valence-corrected chi connectivity index (χ4v) is 3.84. The predicted molar refractivity (Wildman–Crippen MR) is 109 cm³/mol. The molecule has 2 amide bonds. The van der Waals surface area contributed by atoms with Gasteiger partial charge in [-0.2, -0.15) is 0 Å². The third-order valence-corrected chi connectivity index (χ3v) is 5.14. The lowest BCUT2D eigenvalue weighted by atomic mass is 10.0. The van der Waals surface area contributed by atoms with Crippen LogP contribution < -0.4 is 5.32 Å². The van der Waals surface area contributed by atoms with E-state index in [0.29, 0.717) is 19.7 Å². The maximum Gasteiger partial charge on any atom is 0.318 e. The van der Waals surface area contributed by atoms with Crippen LogP contribution in [0, 0.1) is 0 Å². The first-order valence-corrected chi connectivity index (χ1v) is 9.63. The standard InChI is InChI=1S/C23H25N3O2/c1-28-16-8-14-24-23(27)26-17-19-11-5-6-12-20(19)25-15-7-13-21(25)22(26)18-9-3-2-4-10-18/h2-7,9-13,15,22H,8,14,16-17H2,1H3,(H,24,27). The zero-order valence-electron chi connectivity index (χ0n) is 16.0. The highest BCUT2D eigenvalue weighted by atomic mass is 16.5. The molecule has 0 bridgehead atoms. The first-order chi connectivity index (χ1) is 13.8. The Labute approximate surface area is 165 Å². The van der Waals surface area contributed by atoms with E-state index >= 15 is 0 Å². The van der Waals surface area contributed by atoms with Crippen LogP contribution in [0.25, 0.3) is 5.69 Å². The largest absolute Gasteiger partial charge is 0.385 e. The number of para-hydroxylation sites is 1. The van der Waals surface area contributed by atoms with Crippen molar-refractivity contribution in [1.82, 2.24) is 14.8 Å². The molecule has 1 aliphatic heterocycles. The highest BCUT2D eigenvalue weighted by Gasteiger charge is 2.32. The molecule has 1 aliphatic rings. The van der Waals surface area contributed by atoms with E-state index in [-0.39, 0.29) is 12.1 Å². The quantitative estimate of drug-likeness (QED) is 0.682. The Morgan fingerprint density at radius 1 is 1.07 bits per heavy atom. The lowest BCUT2D eigenvalue weighted by Crippen LogP contribution is -2.42. The van der Waals surface area contributed by atoms with Gasteiger partial charge in [-0.15, -0.1) is 0 Å². The Kier molecular flexibility index (Phi) is 5.44. The normalized spacial score (nSPS) is 15.5. The van der Waals surface area contributed by atoms with Crippen molar-refractivity contribution >= 4 is 6.03 Å². The molecule has 2 heterocycles. The van der Waals surface area contributed by atoms with Crippen LogP contribution in [0.4, 0.5) is 4.79 Å². The molecule has 0 saturated carbocycles. The number of nitrogens with one attached hydrogen (secondary N) is 1. The maximum atomic E-state index is 13.2. The number of hydrogen-bond donors (Lipinski definition) is 1. The van der Waals surface area contributed by atoms with Crippen molar-refractivity contribution in [3.63, 3.8) is 0 Å². The second-order valence-corrected chi connectivity index (χ2v) is 6.95. The van der Waals surface area contributed by atoms with Crippen LogP contribution in [0.2, 0.25) is 0 Å². The molecule has 144 valence electrons. The topological polar surface area (TPSA) is 46.5 Å². The van der Waals surface area contributed by atoms with E-state index in [1.165, 1.54) is 0 Å². The summed E-state index contributed by atoms with van der Waals surface area (Å²) in [4.78, 5) is 15.1. The number of fused-ring (bicyclic) bond motifs is 3. The molecule has 28 heavy (non-hydrogen) atoms. The molecule has 0 aliphatic carbocycles. The van der Waals surface area contributed by atoms with Gasteiger partial charge in [-0.25, -0.2) is 4.79 Å². The molecule has 1 aromatic heterocycles. The number of hydrogen-bond acceptors (Lipinski definition) is 2. The second-order valence-electron chi connectivity index (χ2n) is 6.95. The summed E-state index contributed by atoms with van der Waals surface area (Å²) in [5, 5.41) is 3.07. The van der Waals surface area contributed by atoms with Crippen molar-refractivity contribution in [3.8, 4) is 5.69 Å². The number of rotatable bonds is 5. The molecular formula is C23H25N3O2. The number of ether oxygens (including phenoxy) is 1. The SMILES string of the molecule is COCCCNC(=O)N1Cc2ccccc2-n2cccc2C1c1ccccc1. The Morgan fingerprint density at radius 2 is 1.86 bits per heavy atom. The van der Waals surface area contributed by atoms with Gasteiger partial charge in [0, 0.05) is 32.2 Å². The van der Waals surface area contributed by atoms with Crippen LogP contribution in [0.15, 0.2) is 72.9 Å². The molecular weight excluding hydrogens is 350 g/mol. The van der Waals surface area contributed by atoms with Gasteiger partial charge >= 0.3 is 6.03 Å². The molecule has 3 aromatic rings. The summed E-state index contributed by atoms with van der Waals surface area (Å²) in [7, 11) is 1.67. The monoisotopic (exact) mass is 375 g/mol. The van der Waals surface area contributed by atoms with Gasteiger partial charge in [0.2, 0.25) is 0 Å². The van der Waals surface area contributed by atoms with Crippen LogP contribution in [0.5, 0.6) is 0 Å². The zero-order chi connectivity index (χ0) is 19.3. The summed E-state index contributed by atoms with van der Waals surface area (Å²) in [6, 6.07) is 22.4. The van der Waals surface area contributed by atoms with E-state index < -0.39 is 0 Å². The summed E-state index contributed by atoms with van der Waals surface area (Å²) >= 11 is 0. The highest BCUT2D eigenvalue weighted by Crippen LogP contribution is 2.36. The molecule has 0 spiro atoms. The minimum atomic E-state index is -0.161. The fourth-order valence-electron chi connectivity index (χ4n) is 3.84. The Hall–Kier alpha value is -3.05. The average molecular weight is 375 g/mol. The van der Waals surface area contributed by atoms with Gasteiger partial charge in [-0.05, 0) is 35.7 Å². The number of aromatic nitrogens is 1. The number of amides is 2. The zero-order valence-corrected chi connectivity index (χ0v) is 16.0. The smallest absolute Gasteiger partial charge is 0.318 e. The molecule has 5 heteroatoms. The molecule has 4 rings (SSSR count). The molecule has 0 radical (unpaired) electrons. The number of benzene rings is 2. The summed E-state index contributed by atoms with van der Waals surface area (Å²) in [6.07, 6.45) is 2.86. The van der Waals surface area contributed by atoms with Gasteiger partial charge < -0.3 is 19.5 Å².